The molecule has 0 bridgehead atoms. The number of halogens is 1. The summed E-state index contributed by atoms with van der Waals surface area (Å²) in [5.41, 5.74) is 3.37. The third-order valence-electron chi connectivity index (χ3n) is 3.56. The smallest absolute Gasteiger partial charge is 0.341 e. The molecule has 8 nitrogen and oxygen atoms in total. The van der Waals surface area contributed by atoms with Gasteiger partial charge in [-0.2, -0.15) is 5.10 Å². The number of carbonyl (C=O) groups is 2. The highest BCUT2D eigenvalue weighted by atomic mass is 35.5. The van der Waals surface area contributed by atoms with E-state index in [9.17, 15) is 9.59 Å². The molecule has 0 aromatic heterocycles. The molecule has 0 aliphatic rings. The van der Waals surface area contributed by atoms with E-state index >= 15 is 0 Å². The van der Waals surface area contributed by atoms with Crippen molar-refractivity contribution in [2.75, 3.05) is 20.3 Å². The molecule has 0 aliphatic heterocycles. The molecule has 2 aromatic rings. The number of hydrazone groups is 1. The number of carbonyl (C=O) groups excluding carboxylic acids is 1. The highest BCUT2D eigenvalue weighted by molar-refractivity contribution is 6.32. The van der Waals surface area contributed by atoms with Crippen LogP contribution in [0, 0.1) is 0 Å². The van der Waals surface area contributed by atoms with Crippen LogP contribution < -0.4 is 19.6 Å². The number of methoxy groups -OCH3 is 1. The fourth-order valence-electron chi connectivity index (χ4n) is 2.24. The van der Waals surface area contributed by atoms with Gasteiger partial charge in [0.15, 0.2) is 18.1 Å². The van der Waals surface area contributed by atoms with Crippen molar-refractivity contribution in [2.24, 2.45) is 5.10 Å². The minimum Gasteiger partial charge on any atom is -0.494 e. The van der Waals surface area contributed by atoms with E-state index in [1.54, 1.807) is 30.3 Å². The van der Waals surface area contributed by atoms with E-state index in [4.69, 9.17) is 30.9 Å². The van der Waals surface area contributed by atoms with Gasteiger partial charge in [0.1, 0.15) is 5.75 Å². The molecule has 0 saturated heterocycles. The molecular weight excluding hydrogens is 400 g/mol. The minimum absolute atomic E-state index is 0.114. The molecule has 0 fully saturated rings. The van der Waals surface area contributed by atoms with Gasteiger partial charge < -0.3 is 19.3 Å². The van der Waals surface area contributed by atoms with Gasteiger partial charge in [-0.05, 0) is 48.4 Å². The van der Waals surface area contributed by atoms with Crippen LogP contribution in [-0.4, -0.2) is 43.5 Å². The van der Waals surface area contributed by atoms with Crippen molar-refractivity contribution >= 4 is 29.7 Å². The van der Waals surface area contributed by atoms with Gasteiger partial charge >= 0.3 is 5.97 Å². The number of rotatable bonds is 10. The van der Waals surface area contributed by atoms with Gasteiger partial charge in [-0.3, -0.25) is 4.79 Å². The number of amides is 1. The summed E-state index contributed by atoms with van der Waals surface area (Å²) in [5.74, 6) is -0.472. The first kappa shape index (κ1) is 22.0. The first-order valence-electron chi connectivity index (χ1n) is 8.73. The Morgan fingerprint density at radius 1 is 1.21 bits per heavy atom. The van der Waals surface area contributed by atoms with Gasteiger partial charge in [-0.1, -0.05) is 18.5 Å². The van der Waals surface area contributed by atoms with E-state index in [0.717, 1.165) is 6.42 Å². The van der Waals surface area contributed by atoms with Crippen molar-refractivity contribution in [3.8, 4) is 17.2 Å². The largest absolute Gasteiger partial charge is 0.494 e. The predicted molar refractivity (Wildman–Crippen MR) is 108 cm³/mol. The van der Waals surface area contributed by atoms with Crippen LogP contribution in [0.3, 0.4) is 0 Å². The number of carboxylic acid groups (broad SMARTS) is 1. The quantitative estimate of drug-likeness (QED) is 0.451. The van der Waals surface area contributed by atoms with E-state index in [1.165, 1.54) is 19.4 Å². The third-order valence-corrected chi connectivity index (χ3v) is 3.84. The summed E-state index contributed by atoms with van der Waals surface area (Å²) in [4.78, 5) is 22.8. The number of ether oxygens (including phenoxy) is 3. The normalized spacial score (nSPS) is 10.6. The van der Waals surface area contributed by atoms with Crippen molar-refractivity contribution < 1.29 is 28.9 Å². The van der Waals surface area contributed by atoms with Gasteiger partial charge in [-0.25, -0.2) is 10.2 Å². The summed E-state index contributed by atoms with van der Waals surface area (Å²) in [7, 11) is 1.40. The maximum absolute atomic E-state index is 12.2. The van der Waals surface area contributed by atoms with Gasteiger partial charge in [0.2, 0.25) is 0 Å². The Bertz CT molecular complexity index is 883. The van der Waals surface area contributed by atoms with Gasteiger partial charge in [0.05, 0.1) is 25.0 Å². The Kier molecular flexibility index (Phi) is 8.29. The number of carboxylic acids is 1. The van der Waals surface area contributed by atoms with Crippen molar-refractivity contribution in [3.05, 3.63) is 52.5 Å². The second kappa shape index (κ2) is 10.9. The molecule has 0 radical (unpaired) electrons. The molecule has 9 heteroatoms. The Balaban J connectivity index is 2.02. The standard InChI is InChI=1S/C20H21ClN2O6/c1-3-8-28-15-6-4-14(5-7-15)20(26)23-22-11-13-9-16(21)19(17(10-13)27-2)29-12-18(24)25/h4-7,9-11H,3,8,12H2,1-2H3,(H,23,26)(H,24,25)/b22-11-. The van der Waals surface area contributed by atoms with Crippen LogP contribution in [0.1, 0.15) is 29.3 Å². The van der Waals surface area contributed by atoms with Gasteiger partial charge in [0, 0.05) is 5.56 Å². The maximum atomic E-state index is 12.2. The second-order valence-corrected chi connectivity index (χ2v) is 6.20. The van der Waals surface area contributed by atoms with E-state index in [0.29, 0.717) is 23.5 Å². The summed E-state index contributed by atoms with van der Waals surface area (Å²) in [5, 5.41) is 12.8. The Labute approximate surface area is 173 Å². The van der Waals surface area contributed by atoms with Crippen LogP contribution in [0.4, 0.5) is 0 Å². The Morgan fingerprint density at radius 2 is 1.93 bits per heavy atom. The summed E-state index contributed by atoms with van der Waals surface area (Å²) in [6.45, 7) is 2.07. The molecule has 2 N–H and O–H groups in total. The van der Waals surface area contributed by atoms with Crippen LogP contribution in [0.5, 0.6) is 17.2 Å². The summed E-state index contributed by atoms with van der Waals surface area (Å²) in [6.07, 6.45) is 2.28. The lowest BCUT2D eigenvalue weighted by Crippen LogP contribution is -2.17. The molecule has 154 valence electrons. The molecule has 0 heterocycles. The highest BCUT2D eigenvalue weighted by Crippen LogP contribution is 2.36. The fourth-order valence-corrected chi connectivity index (χ4v) is 2.51. The van der Waals surface area contributed by atoms with E-state index in [1.807, 2.05) is 6.92 Å². The molecular formula is C20H21ClN2O6. The average molecular weight is 421 g/mol. The number of hydrogen-bond acceptors (Lipinski definition) is 6. The molecule has 2 aromatic carbocycles. The summed E-state index contributed by atoms with van der Waals surface area (Å²) in [6, 6.07) is 9.79. The van der Waals surface area contributed by atoms with Crippen molar-refractivity contribution in [3.63, 3.8) is 0 Å². The van der Waals surface area contributed by atoms with E-state index < -0.39 is 12.6 Å². The monoisotopic (exact) mass is 420 g/mol. The second-order valence-electron chi connectivity index (χ2n) is 5.79. The van der Waals surface area contributed by atoms with Crippen molar-refractivity contribution in [2.45, 2.75) is 13.3 Å². The van der Waals surface area contributed by atoms with Crippen LogP contribution in [0.2, 0.25) is 5.02 Å². The fraction of sp³-hybridized carbons (Fsp3) is 0.250. The average Bonchev–Trinajstić information content (AvgIpc) is 2.71. The van der Waals surface area contributed by atoms with Crippen LogP contribution in [0.15, 0.2) is 41.5 Å². The van der Waals surface area contributed by atoms with Gasteiger partial charge in [0.25, 0.3) is 5.91 Å². The number of hydrogen-bond donors (Lipinski definition) is 2. The van der Waals surface area contributed by atoms with Crippen LogP contribution in [0.25, 0.3) is 0 Å². The third kappa shape index (κ3) is 6.69. The topological polar surface area (TPSA) is 106 Å². The Hall–Kier alpha value is -3.26. The maximum Gasteiger partial charge on any atom is 0.341 e. The lowest BCUT2D eigenvalue weighted by molar-refractivity contribution is -0.139. The Morgan fingerprint density at radius 3 is 2.55 bits per heavy atom. The SMILES string of the molecule is CCCOc1ccc(C(=O)N/N=C\c2cc(Cl)c(OCC(=O)O)c(OC)c2)cc1. The lowest BCUT2D eigenvalue weighted by atomic mass is 10.2. The summed E-state index contributed by atoms with van der Waals surface area (Å²) >= 11 is 6.13. The van der Waals surface area contributed by atoms with Crippen LogP contribution in [-0.2, 0) is 4.79 Å². The first-order valence-corrected chi connectivity index (χ1v) is 9.10. The molecule has 0 saturated carbocycles. The predicted octanol–water partition coefficient (Wildman–Crippen LogP) is 3.36. The molecule has 0 unspecified atom stereocenters. The number of nitrogens with one attached hydrogen (secondary N) is 1. The number of aliphatic carboxylic acids is 1. The van der Waals surface area contributed by atoms with E-state index in [2.05, 4.69) is 10.5 Å². The molecule has 29 heavy (non-hydrogen) atoms. The molecule has 1 amide bonds. The minimum atomic E-state index is -1.14. The molecule has 0 spiro atoms. The number of benzene rings is 2. The van der Waals surface area contributed by atoms with E-state index in [-0.39, 0.29) is 22.4 Å². The van der Waals surface area contributed by atoms with Gasteiger partial charge in [-0.15, -0.1) is 0 Å². The van der Waals surface area contributed by atoms with Crippen LogP contribution >= 0.6 is 11.6 Å². The summed E-state index contributed by atoms with van der Waals surface area (Å²) < 4.78 is 15.8. The zero-order chi connectivity index (χ0) is 21.2. The first-order chi connectivity index (χ1) is 13.9. The van der Waals surface area contributed by atoms with Crippen molar-refractivity contribution in [1.82, 2.24) is 5.43 Å². The lowest BCUT2D eigenvalue weighted by Gasteiger charge is -2.11. The highest BCUT2D eigenvalue weighted by Gasteiger charge is 2.13. The molecule has 2 rings (SSSR count). The molecule has 0 aliphatic carbocycles. The number of nitrogens with zero attached hydrogens (tertiary/aromatic N) is 1. The zero-order valence-corrected chi connectivity index (χ0v) is 16.7. The zero-order valence-electron chi connectivity index (χ0n) is 16.0. The molecule has 0 atom stereocenters. The van der Waals surface area contributed by atoms with Crippen molar-refractivity contribution in [1.29, 1.82) is 0 Å².